The van der Waals surface area contributed by atoms with Crippen LogP contribution in [-0.4, -0.2) is 57.5 Å². The maximum absolute atomic E-state index is 12.4. The second kappa shape index (κ2) is 7.74. The zero-order valence-electron chi connectivity index (χ0n) is 15.8. The van der Waals surface area contributed by atoms with Gasteiger partial charge in [0.15, 0.2) is 0 Å². The van der Waals surface area contributed by atoms with Crippen LogP contribution in [-0.2, 0) is 22.6 Å². The highest BCUT2D eigenvalue weighted by Crippen LogP contribution is 2.31. The van der Waals surface area contributed by atoms with Crippen molar-refractivity contribution >= 4 is 5.91 Å². The van der Waals surface area contributed by atoms with Crippen molar-refractivity contribution in [2.45, 2.75) is 38.5 Å². The Labute approximate surface area is 160 Å². The standard InChI is InChI=1S/C21H26N4O2/c1-17-5-4-7-19(23-17)14-25-16-21(27-15-20(25)26)8-11-24(12-9-21)13-18-6-2-3-10-22-18/h2-7,10H,8-9,11-16H2,1H3. The minimum absolute atomic E-state index is 0.0554. The molecule has 6 nitrogen and oxygen atoms in total. The van der Waals surface area contributed by atoms with Gasteiger partial charge in [-0.3, -0.25) is 19.7 Å². The number of nitrogens with zero attached hydrogens (tertiary/aromatic N) is 4. The lowest BCUT2D eigenvalue weighted by Crippen LogP contribution is -2.58. The van der Waals surface area contributed by atoms with Gasteiger partial charge in [-0.25, -0.2) is 0 Å². The van der Waals surface area contributed by atoms with Crippen LogP contribution in [0.4, 0.5) is 0 Å². The van der Waals surface area contributed by atoms with Crippen LogP contribution in [0, 0.1) is 6.92 Å². The average molecular weight is 366 g/mol. The Balaban J connectivity index is 1.37. The summed E-state index contributed by atoms with van der Waals surface area (Å²) in [6.45, 7) is 6.15. The molecule has 0 unspecified atom stereocenters. The first kappa shape index (κ1) is 18.1. The van der Waals surface area contributed by atoms with Crippen molar-refractivity contribution in [2.24, 2.45) is 0 Å². The van der Waals surface area contributed by atoms with E-state index in [4.69, 9.17) is 4.74 Å². The van der Waals surface area contributed by atoms with Crippen molar-refractivity contribution in [3.63, 3.8) is 0 Å². The number of ether oxygens (including phenoxy) is 1. The third kappa shape index (κ3) is 4.34. The lowest BCUT2D eigenvalue weighted by molar-refractivity contribution is -0.173. The van der Waals surface area contributed by atoms with Crippen molar-refractivity contribution in [2.75, 3.05) is 26.2 Å². The van der Waals surface area contributed by atoms with E-state index in [1.165, 1.54) is 0 Å². The number of piperidine rings is 1. The summed E-state index contributed by atoms with van der Waals surface area (Å²) in [5.74, 6) is 0.0554. The van der Waals surface area contributed by atoms with E-state index in [1.807, 2.05) is 48.4 Å². The molecule has 0 saturated carbocycles. The first-order chi connectivity index (χ1) is 13.1. The maximum atomic E-state index is 12.4. The van der Waals surface area contributed by atoms with Gasteiger partial charge in [-0.15, -0.1) is 0 Å². The van der Waals surface area contributed by atoms with Gasteiger partial charge >= 0.3 is 0 Å². The number of carbonyl (C=O) groups is 1. The molecule has 4 heterocycles. The summed E-state index contributed by atoms with van der Waals surface area (Å²) >= 11 is 0. The van der Waals surface area contributed by atoms with E-state index in [9.17, 15) is 4.79 Å². The highest BCUT2D eigenvalue weighted by atomic mass is 16.5. The number of aryl methyl sites for hydroxylation is 1. The maximum Gasteiger partial charge on any atom is 0.249 e. The van der Waals surface area contributed by atoms with E-state index in [2.05, 4.69) is 20.9 Å². The van der Waals surface area contributed by atoms with E-state index >= 15 is 0 Å². The minimum atomic E-state index is -0.224. The number of hydrogen-bond donors (Lipinski definition) is 0. The van der Waals surface area contributed by atoms with Gasteiger partial charge in [-0.05, 0) is 44.0 Å². The van der Waals surface area contributed by atoms with Crippen LogP contribution in [0.2, 0.25) is 0 Å². The number of amides is 1. The van der Waals surface area contributed by atoms with Crippen molar-refractivity contribution in [3.8, 4) is 0 Å². The molecule has 2 saturated heterocycles. The van der Waals surface area contributed by atoms with Crippen LogP contribution < -0.4 is 0 Å². The fourth-order valence-electron chi connectivity index (χ4n) is 3.96. The molecule has 2 aliphatic rings. The van der Waals surface area contributed by atoms with Gasteiger partial charge in [0.1, 0.15) is 6.61 Å². The number of morpholine rings is 1. The second-order valence-corrected chi connectivity index (χ2v) is 7.59. The summed E-state index contributed by atoms with van der Waals surface area (Å²) in [6.07, 6.45) is 3.71. The summed E-state index contributed by atoms with van der Waals surface area (Å²) in [4.78, 5) is 25.7. The third-order valence-corrected chi connectivity index (χ3v) is 5.51. The molecule has 6 heteroatoms. The number of rotatable bonds is 4. The summed E-state index contributed by atoms with van der Waals surface area (Å²) in [7, 11) is 0. The molecule has 0 aromatic carbocycles. The first-order valence-corrected chi connectivity index (χ1v) is 9.58. The third-order valence-electron chi connectivity index (χ3n) is 5.51. The van der Waals surface area contributed by atoms with Crippen LogP contribution >= 0.6 is 0 Å². The molecule has 2 aromatic rings. The number of likely N-dealkylation sites (tertiary alicyclic amines) is 1. The predicted octanol–water partition coefficient (Wildman–Crippen LogP) is 2.18. The molecule has 0 radical (unpaired) electrons. The van der Waals surface area contributed by atoms with Crippen molar-refractivity contribution in [1.29, 1.82) is 0 Å². The number of hydrogen-bond acceptors (Lipinski definition) is 5. The monoisotopic (exact) mass is 366 g/mol. The first-order valence-electron chi connectivity index (χ1n) is 9.58. The van der Waals surface area contributed by atoms with Gasteiger partial charge in [0, 0.05) is 31.5 Å². The Morgan fingerprint density at radius 3 is 2.63 bits per heavy atom. The largest absolute Gasteiger partial charge is 0.363 e. The Hall–Kier alpha value is -2.31. The van der Waals surface area contributed by atoms with Crippen LogP contribution in [0.5, 0.6) is 0 Å². The molecule has 2 fully saturated rings. The zero-order chi connectivity index (χ0) is 18.7. The normalized spacial score (nSPS) is 20.2. The Kier molecular flexibility index (Phi) is 5.18. The molecule has 0 aliphatic carbocycles. The molecular formula is C21H26N4O2. The molecule has 1 spiro atoms. The number of carbonyl (C=O) groups excluding carboxylic acids is 1. The average Bonchev–Trinajstić information content (AvgIpc) is 2.68. The molecule has 142 valence electrons. The van der Waals surface area contributed by atoms with Crippen LogP contribution in [0.3, 0.4) is 0 Å². The lowest BCUT2D eigenvalue weighted by Gasteiger charge is -2.47. The lowest BCUT2D eigenvalue weighted by atomic mass is 9.89. The molecule has 0 atom stereocenters. The molecule has 0 N–H and O–H groups in total. The fraction of sp³-hybridized carbons (Fsp3) is 0.476. The van der Waals surface area contributed by atoms with Gasteiger partial charge < -0.3 is 9.64 Å². The molecular weight excluding hydrogens is 340 g/mol. The fourth-order valence-corrected chi connectivity index (χ4v) is 3.96. The number of pyridine rings is 2. The Morgan fingerprint density at radius 2 is 1.89 bits per heavy atom. The highest BCUT2D eigenvalue weighted by Gasteiger charge is 2.42. The molecule has 4 rings (SSSR count). The van der Waals surface area contributed by atoms with E-state index < -0.39 is 0 Å². The van der Waals surface area contributed by atoms with Crippen LogP contribution in [0.25, 0.3) is 0 Å². The van der Waals surface area contributed by atoms with Crippen molar-refractivity contribution in [1.82, 2.24) is 19.8 Å². The van der Waals surface area contributed by atoms with E-state index in [0.29, 0.717) is 13.1 Å². The van der Waals surface area contributed by atoms with E-state index in [-0.39, 0.29) is 18.1 Å². The van der Waals surface area contributed by atoms with Gasteiger partial charge in [-0.1, -0.05) is 12.1 Å². The van der Waals surface area contributed by atoms with Crippen LogP contribution in [0.1, 0.15) is 29.9 Å². The van der Waals surface area contributed by atoms with E-state index in [0.717, 1.165) is 49.6 Å². The van der Waals surface area contributed by atoms with Crippen molar-refractivity contribution in [3.05, 3.63) is 59.7 Å². The van der Waals surface area contributed by atoms with Crippen LogP contribution in [0.15, 0.2) is 42.6 Å². The summed E-state index contributed by atoms with van der Waals surface area (Å²) in [5, 5.41) is 0. The van der Waals surface area contributed by atoms with Crippen molar-refractivity contribution < 1.29 is 9.53 Å². The Morgan fingerprint density at radius 1 is 1.07 bits per heavy atom. The summed E-state index contributed by atoms with van der Waals surface area (Å²) in [5.41, 5.74) is 2.79. The summed E-state index contributed by atoms with van der Waals surface area (Å²) < 4.78 is 6.05. The van der Waals surface area contributed by atoms with E-state index in [1.54, 1.807) is 0 Å². The molecule has 27 heavy (non-hydrogen) atoms. The zero-order valence-corrected chi connectivity index (χ0v) is 15.8. The topological polar surface area (TPSA) is 58.6 Å². The van der Waals surface area contributed by atoms with Gasteiger partial charge in [-0.2, -0.15) is 0 Å². The molecule has 2 aromatic heterocycles. The van der Waals surface area contributed by atoms with Gasteiger partial charge in [0.25, 0.3) is 0 Å². The quantitative estimate of drug-likeness (QED) is 0.830. The SMILES string of the molecule is Cc1cccc(CN2CC3(CCN(Cc4ccccn4)CC3)OCC2=O)n1. The van der Waals surface area contributed by atoms with Gasteiger partial charge in [0.05, 0.1) is 30.1 Å². The highest BCUT2D eigenvalue weighted by molar-refractivity contribution is 5.78. The minimum Gasteiger partial charge on any atom is -0.363 e. The Bertz CT molecular complexity index is 788. The van der Waals surface area contributed by atoms with Gasteiger partial charge in [0.2, 0.25) is 5.91 Å². The molecule has 2 aliphatic heterocycles. The predicted molar refractivity (Wildman–Crippen MR) is 102 cm³/mol. The number of aromatic nitrogens is 2. The summed E-state index contributed by atoms with van der Waals surface area (Å²) in [6, 6.07) is 12.0. The second-order valence-electron chi connectivity index (χ2n) is 7.59. The smallest absolute Gasteiger partial charge is 0.249 e. The molecule has 1 amide bonds. The molecule has 0 bridgehead atoms.